The summed E-state index contributed by atoms with van der Waals surface area (Å²) in [6.45, 7) is 4.35. The molecule has 4 rings (SSSR count). The van der Waals surface area contributed by atoms with E-state index in [9.17, 15) is 9.59 Å². The van der Waals surface area contributed by atoms with Gasteiger partial charge in [-0.3, -0.25) is 13.9 Å². The van der Waals surface area contributed by atoms with Gasteiger partial charge in [-0.2, -0.15) is 0 Å². The highest BCUT2D eigenvalue weighted by Crippen LogP contribution is 2.29. The number of imidazole rings is 1. The van der Waals surface area contributed by atoms with E-state index in [1.807, 2.05) is 50.2 Å². The molecule has 0 bridgehead atoms. The number of ether oxygens (including phenoxy) is 1. The van der Waals surface area contributed by atoms with Gasteiger partial charge in [-0.15, -0.1) is 0 Å². The maximum Gasteiger partial charge on any atom is 0.331 e. The molecule has 1 N–H and O–H groups in total. The molecule has 2 aromatic heterocycles. The molecule has 3 aromatic rings. The number of pyridine rings is 1. The van der Waals surface area contributed by atoms with E-state index in [1.165, 1.54) is 6.42 Å². The molecule has 1 fully saturated rings. The lowest BCUT2D eigenvalue weighted by atomic mass is 9.95. The van der Waals surface area contributed by atoms with Crippen LogP contribution < -0.4 is 15.7 Å². The monoisotopic (exact) mass is 422 g/mol. The topological polar surface area (TPSA) is 78.1 Å². The molecule has 1 aliphatic carbocycles. The number of hydrogen-bond acceptors (Lipinski definition) is 4. The number of nitrogens with one attached hydrogen (secondary N) is 1. The highest BCUT2D eigenvalue weighted by atomic mass is 16.5. The lowest BCUT2D eigenvalue weighted by molar-refractivity contribution is -0.121. The quantitative estimate of drug-likeness (QED) is 0.628. The van der Waals surface area contributed by atoms with Crippen LogP contribution in [0.5, 0.6) is 5.75 Å². The van der Waals surface area contributed by atoms with Gasteiger partial charge < -0.3 is 10.1 Å². The third-order valence-corrected chi connectivity index (χ3v) is 5.75. The first kappa shape index (κ1) is 21.2. The second kappa shape index (κ2) is 9.37. The lowest BCUT2D eigenvalue weighted by Gasteiger charge is -2.22. The Morgan fingerprint density at radius 1 is 1.16 bits per heavy atom. The van der Waals surface area contributed by atoms with Gasteiger partial charge in [-0.25, -0.2) is 9.78 Å². The largest absolute Gasteiger partial charge is 0.491 e. The summed E-state index contributed by atoms with van der Waals surface area (Å²) in [4.78, 5) is 30.3. The average molecular weight is 423 g/mol. The molecule has 2 heterocycles. The van der Waals surface area contributed by atoms with Crippen LogP contribution in [0.15, 0.2) is 47.4 Å². The van der Waals surface area contributed by atoms with Crippen LogP contribution in [0.25, 0.3) is 11.2 Å². The molecule has 164 valence electrons. The van der Waals surface area contributed by atoms with Gasteiger partial charge in [0.05, 0.1) is 11.6 Å². The van der Waals surface area contributed by atoms with Gasteiger partial charge >= 0.3 is 5.69 Å². The van der Waals surface area contributed by atoms with Crippen LogP contribution in [0, 0.1) is 0 Å². The molecule has 7 heteroatoms. The zero-order valence-corrected chi connectivity index (χ0v) is 18.2. The highest BCUT2D eigenvalue weighted by molar-refractivity contribution is 5.79. The SMILES string of the molecule is CC(C)Oc1ccc(CNC(=O)Cn2c(=O)n(C3CCCCC3)c3ncccc32)cc1. The van der Waals surface area contributed by atoms with E-state index in [1.54, 1.807) is 15.3 Å². The number of carbonyl (C=O) groups is 1. The first-order valence-corrected chi connectivity index (χ1v) is 11.1. The molecule has 1 aromatic carbocycles. The molecule has 31 heavy (non-hydrogen) atoms. The Labute approximate surface area is 182 Å². The molecule has 0 unspecified atom stereocenters. The first-order valence-electron chi connectivity index (χ1n) is 11.1. The predicted octanol–water partition coefficient (Wildman–Crippen LogP) is 3.81. The summed E-state index contributed by atoms with van der Waals surface area (Å²) in [6, 6.07) is 11.5. The molecule has 1 amide bonds. The molecule has 0 saturated heterocycles. The molecular weight excluding hydrogens is 392 g/mol. The van der Waals surface area contributed by atoms with Gasteiger partial charge in [0.2, 0.25) is 5.91 Å². The van der Waals surface area contributed by atoms with Crippen molar-refractivity contribution in [3.05, 3.63) is 58.6 Å². The van der Waals surface area contributed by atoms with Crippen molar-refractivity contribution in [1.29, 1.82) is 0 Å². The van der Waals surface area contributed by atoms with E-state index in [4.69, 9.17) is 4.74 Å². The maximum atomic E-state index is 13.2. The lowest BCUT2D eigenvalue weighted by Crippen LogP contribution is -2.34. The van der Waals surface area contributed by atoms with Crippen molar-refractivity contribution in [1.82, 2.24) is 19.4 Å². The number of amides is 1. The van der Waals surface area contributed by atoms with Crippen LogP contribution in [0.4, 0.5) is 0 Å². The fourth-order valence-corrected chi connectivity index (χ4v) is 4.29. The van der Waals surface area contributed by atoms with Crippen molar-refractivity contribution in [2.45, 2.75) is 71.2 Å². The van der Waals surface area contributed by atoms with E-state index in [2.05, 4.69) is 10.3 Å². The molecule has 0 aliphatic heterocycles. The summed E-state index contributed by atoms with van der Waals surface area (Å²) in [7, 11) is 0. The number of carbonyl (C=O) groups excluding carboxylic acids is 1. The fraction of sp³-hybridized carbons (Fsp3) is 0.458. The zero-order chi connectivity index (χ0) is 21.8. The minimum absolute atomic E-state index is 0.0186. The fourth-order valence-electron chi connectivity index (χ4n) is 4.29. The third kappa shape index (κ3) is 4.81. The van der Waals surface area contributed by atoms with Crippen molar-refractivity contribution >= 4 is 17.1 Å². The average Bonchev–Trinajstić information content (AvgIpc) is 3.05. The van der Waals surface area contributed by atoms with Crippen LogP contribution in [0.3, 0.4) is 0 Å². The molecule has 0 radical (unpaired) electrons. The predicted molar refractivity (Wildman–Crippen MR) is 120 cm³/mol. The second-order valence-electron chi connectivity index (χ2n) is 8.46. The van der Waals surface area contributed by atoms with Crippen molar-refractivity contribution in [2.24, 2.45) is 0 Å². The summed E-state index contributed by atoms with van der Waals surface area (Å²) >= 11 is 0. The van der Waals surface area contributed by atoms with Crippen LogP contribution in [0.1, 0.15) is 57.6 Å². The normalized spacial score (nSPS) is 14.8. The van der Waals surface area contributed by atoms with Crippen molar-refractivity contribution < 1.29 is 9.53 Å². The molecule has 7 nitrogen and oxygen atoms in total. The maximum absolute atomic E-state index is 13.2. The van der Waals surface area contributed by atoms with Gasteiger partial charge in [0.15, 0.2) is 5.65 Å². The van der Waals surface area contributed by atoms with E-state index in [0.29, 0.717) is 17.7 Å². The van der Waals surface area contributed by atoms with Gasteiger partial charge in [0, 0.05) is 18.8 Å². The minimum Gasteiger partial charge on any atom is -0.491 e. The van der Waals surface area contributed by atoms with Gasteiger partial charge in [-0.05, 0) is 56.5 Å². The molecular formula is C24H30N4O3. The van der Waals surface area contributed by atoms with Crippen LogP contribution in [-0.4, -0.2) is 26.1 Å². The molecule has 1 aliphatic rings. The molecule has 0 spiro atoms. The summed E-state index contributed by atoms with van der Waals surface area (Å²) in [6.07, 6.45) is 7.25. The zero-order valence-electron chi connectivity index (χ0n) is 18.2. The summed E-state index contributed by atoms with van der Waals surface area (Å²) < 4.78 is 8.99. The van der Waals surface area contributed by atoms with Crippen molar-refractivity contribution in [2.75, 3.05) is 0 Å². The Hall–Kier alpha value is -3.09. The number of aromatic nitrogens is 3. The Balaban J connectivity index is 1.47. The second-order valence-corrected chi connectivity index (χ2v) is 8.46. The third-order valence-electron chi connectivity index (χ3n) is 5.75. The number of hydrogen-bond donors (Lipinski definition) is 1. The Morgan fingerprint density at radius 2 is 1.90 bits per heavy atom. The highest BCUT2D eigenvalue weighted by Gasteiger charge is 2.23. The summed E-state index contributed by atoms with van der Waals surface area (Å²) in [5.74, 6) is 0.607. The first-order chi connectivity index (χ1) is 15.0. The van der Waals surface area contributed by atoms with Crippen LogP contribution in [0.2, 0.25) is 0 Å². The standard InChI is InChI=1S/C24H30N4O3/c1-17(2)31-20-12-10-18(11-13-20)15-26-22(29)16-27-21-9-6-14-25-23(21)28(24(27)30)19-7-4-3-5-8-19/h6,9-14,17,19H,3-5,7-8,15-16H2,1-2H3,(H,26,29). The minimum atomic E-state index is -0.198. The van der Waals surface area contributed by atoms with Crippen LogP contribution >= 0.6 is 0 Å². The van der Waals surface area contributed by atoms with E-state index >= 15 is 0 Å². The summed E-state index contributed by atoms with van der Waals surface area (Å²) in [5.41, 5.74) is 2.21. The number of fused-ring (bicyclic) bond motifs is 1. The smallest absolute Gasteiger partial charge is 0.331 e. The Morgan fingerprint density at radius 3 is 2.61 bits per heavy atom. The Kier molecular flexibility index (Phi) is 6.39. The number of benzene rings is 1. The van der Waals surface area contributed by atoms with E-state index < -0.39 is 0 Å². The number of rotatable bonds is 7. The van der Waals surface area contributed by atoms with Crippen molar-refractivity contribution in [3.63, 3.8) is 0 Å². The van der Waals surface area contributed by atoms with Gasteiger partial charge in [-0.1, -0.05) is 31.4 Å². The summed E-state index contributed by atoms with van der Waals surface area (Å²) in [5, 5.41) is 2.92. The van der Waals surface area contributed by atoms with Gasteiger partial charge in [0.25, 0.3) is 0 Å². The molecule has 0 atom stereocenters. The molecule has 1 saturated carbocycles. The Bertz CT molecular complexity index is 1090. The van der Waals surface area contributed by atoms with Crippen LogP contribution in [-0.2, 0) is 17.9 Å². The van der Waals surface area contributed by atoms with Crippen molar-refractivity contribution in [3.8, 4) is 5.75 Å². The van der Waals surface area contributed by atoms with E-state index in [0.717, 1.165) is 37.0 Å². The van der Waals surface area contributed by atoms with Gasteiger partial charge in [0.1, 0.15) is 12.3 Å². The van der Waals surface area contributed by atoms with E-state index in [-0.39, 0.29) is 30.3 Å². The number of nitrogens with zero attached hydrogens (tertiary/aromatic N) is 3.